The first-order valence-corrected chi connectivity index (χ1v) is 8.02. The molecule has 0 radical (unpaired) electrons. The molecular weight excluding hydrogens is 322 g/mol. The maximum Gasteiger partial charge on any atom is 0.184 e. The Kier molecular flexibility index (Phi) is 5.15. The van der Waals surface area contributed by atoms with Crippen molar-refractivity contribution in [2.75, 3.05) is 6.61 Å². The number of rotatable bonds is 4. The zero-order valence-electron chi connectivity index (χ0n) is 13.9. The van der Waals surface area contributed by atoms with Crippen molar-refractivity contribution in [3.8, 4) is 5.75 Å². The highest BCUT2D eigenvalue weighted by molar-refractivity contribution is 6.12. The molecule has 4 unspecified atom stereocenters. The number of para-hydroxylation sites is 1. The average Bonchev–Trinajstić information content (AvgIpc) is 2.84. The van der Waals surface area contributed by atoms with Crippen LogP contribution in [0.2, 0.25) is 0 Å². The molecule has 0 amide bonds. The Balaban J connectivity index is 1.80. The number of aliphatic hydroxyl groups is 3. The smallest absolute Gasteiger partial charge is 0.184 e. The van der Waals surface area contributed by atoms with Crippen molar-refractivity contribution < 1.29 is 24.8 Å². The number of hydrogen-bond donors (Lipinski definition) is 3. The van der Waals surface area contributed by atoms with Crippen LogP contribution in [0.4, 0.5) is 5.69 Å². The minimum Gasteiger partial charge on any atom is -0.488 e. The monoisotopic (exact) mass is 343 g/mol. The van der Waals surface area contributed by atoms with E-state index in [0.717, 1.165) is 16.8 Å². The predicted octanol–water partition coefficient (Wildman–Crippen LogP) is 1.57. The Morgan fingerprint density at radius 1 is 1.16 bits per heavy atom. The molecule has 0 aromatic heterocycles. The summed E-state index contributed by atoms with van der Waals surface area (Å²) < 4.78 is 10.9. The van der Waals surface area contributed by atoms with E-state index in [1.807, 2.05) is 43.4 Å². The second-order valence-electron chi connectivity index (χ2n) is 6.02. The third kappa shape index (κ3) is 3.72. The van der Waals surface area contributed by atoms with Gasteiger partial charge in [-0.2, -0.15) is 0 Å². The van der Waals surface area contributed by atoms with Crippen LogP contribution in [0.1, 0.15) is 5.56 Å². The van der Waals surface area contributed by atoms with Crippen LogP contribution in [-0.2, 0) is 4.74 Å². The third-order valence-corrected chi connectivity index (χ3v) is 4.16. The first-order chi connectivity index (χ1) is 12.0. The fraction of sp³-hybridized carbons (Fsp3) is 0.316. The van der Waals surface area contributed by atoms with Gasteiger partial charge in [-0.1, -0.05) is 36.9 Å². The van der Waals surface area contributed by atoms with Crippen LogP contribution < -0.4 is 4.74 Å². The molecule has 1 aromatic rings. The zero-order valence-corrected chi connectivity index (χ0v) is 13.9. The van der Waals surface area contributed by atoms with E-state index >= 15 is 0 Å². The molecule has 0 saturated carbocycles. The van der Waals surface area contributed by atoms with Gasteiger partial charge in [-0.05, 0) is 30.2 Å². The van der Waals surface area contributed by atoms with Crippen molar-refractivity contribution in [1.29, 1.82) is 0 Å². The first-order valence-electron chi connectivity index (χ1n) is 8.02. The summed E-state index contributed by atoms with van der Waals surface area (Å²) in [6, 6.07) is 5.53. The number of allylic oxidation sites excluding steroid dienone is 5. The van der Waals surface area contributed by atoms with E-state index < -0.39 is 24.6 Å². The lowest BCUT2D eigenvalue weighted by molar-refractivity contribution is -0.131. The van der Waals surface area contributed by atoms with E-state index in [1.54, 1.807) is 6.07 Å². The number of nitrogens with zero attached hydrogens (tertiary/aromatic N) is 1. The van der Waals surface area contributed by atoms with Crippen LogP contribution in [0.5, 0.6) is 5.75 Å². The van der Waals surface area contributed by atoms with Crippen molar-refractivity contribution in [3.63, 3.8) is 0 Å². The van der Waals surface area contributed by atoms with E-state index in [0.29, 0.717) is 11.4 Å². The van der Waals surface area contributed by atoms with Crippen LogP contribution in [-0.4, -0.2) is 52.2 Å². The van der Waals surface area contributed by atoms with Gasteiger partial charge in [0.05, 0.1) is 5.71 Å². The van der Waals surface area contributed by atoms with Gasteiger partial charge in [-0.25, -0.2) is 4.99 Å². The lowest BCUT2D eigenvalue weighted by atomic mass is 10.1. The Labute approximate surface area is 146 Å². The van der Waals surface area contributed by atoms with Gasteiger partial charge in [0.15, 0.2) is 6.29 Å². The van der Waals surface area contributed by atoms with Crippen molar-refractivity contribution in [3.05, 3.63) is 60.2 Å². The molecule has 1 fully saturated rings. The highest BCUT2D eigenvalue weighted by Crippen LogP contribution is 2.33. The molecule has 1 saturated heterocycles. The molecular formula is C19H21NO5. The summed E-state index contributed by atoms with van der Waals surface area (Å²) in [4.78, 5) is 4.64. The van der Waals surface area contributed by atoms with E-state index in [1.165, 1.54) is 0 Å². The molecule has 6 heteroatoms. The maximum absolute atomic E-state index is 9.85. The lowest BCUT2D eigenvalue weighted by Gasteiger charge is -2.17. The third-order valence-electron chi connectivity index (χ3n) is 4.16. The summed E-state index contributed by atoms with van der Waals surface area (Å²) in [5.74, 6) is 0.523. The van der Waals surface area contributed by atoms with Gasteiger partial charge in [0, 0.05) is 0 Å². The van der Waals surface area contributed by atoms with Crippen molar-refractivity contribution >= 4 is 11.4 Å². The molecule has 6 nitrogen and oxygen atoms in total. The van der Waals surface area contributed by atoms with Gasteiger partial charge in [-0.3, -0.25) is 0 Å². The minimum atomic E-state index is -1.41. The highest BCUT2D eigenvalue weighted by Gasteiger charge is 2.42. The van der Waals surface area contributed by atoms with E-state index in [9.17, 15) is 15.3 Å². The Morgan fingerprint density at radius 3 is 2.60 bits per heavy atom. The van der Waals surface area contributed by atoms with E-state index in [2.05, 4.69) is 11.6 Å². The molecule has 0 bridgehead atoms. The second-order valence-corrected chi connectivity index (χ2v) is 6.02. The maximum atomic E-state index is 9.85. The summed E-state index contributed by atoms with van der Waals surface area (Å²) in [6.07, 6.45) is 2.75. The second kappa shape index (κ2) is 7.33. The molecule has 3 N–H and O–H groups in total. The molecule has 1 heterocycles. The standard InChI is InChI=1S/C19H21NO5/c1-11-6-3-4-8-13(11)20-16-12(2)7-5-9-14(16)24-10-15-17(21)18(22)19(23)25-15/h3-9,15,17-19,21-23H,1,10H2,2H3. The Morgan fingerprint density at radius 2 is 1.92 bits per heavy atom. The highest BCUT2D eigenvalue weighted by atomic mass is 16.7. The molecule has 0 spiro atoms. The topological polar surface area (TPSA) is 91.5 Å². The van der Waals surface area contributed by atoms with Gasteiger partial charge in [0.25, 0.3) is 0 Å². The van der Waals surface area contributed by atoms with Crippen molar-refractivity contribution in [2.45, 2.75) is 31.5 Å². The molecule has 3 rings (SSSR count). The lowest BCUT2D eigenvalue weighted by Crippen LogP contribution is -2.35. The first kappa shape index (κ1) is 17.6. The normalized spacial score (nSPS) is 30.2. The van der Waals surface area contributed by atoms with Gasteiger partial charge in [0.2, 0.25) is 0 Å². The number of aryl methyl sites for hydroxylation is 1. The van der Waals surface area contributed by atoms with Crippen LogP contribution in [0.25, 0.3) is 0 Å². The molecule has 4 atom stereocenters. The number of ether oxygens (including phenoxy) is 2. The predicted molar refractivity (Wildman–Crippen MR) is 94.1 cm³/mol. The van der Waals surface area contributed by atoms with Gasteiger partial charge >= 0.3 is 0 Å². The van der Waals surface area contributed by atoms with E-state index in [4.69, 9.17) is 9.47 Å². The molecule has 1 aliphatic heterocycles. The number of aliphatic imine (C=N–C) groups is 1. The Bertz CT molecular complexity index is 752. The molecule has 25 heavy (non-hydrogen) atoms. The fourth-order valence-electron chi connectivity index (χ4n) is 2.67. The Hall–Kier alpha value is -2.25. The van der Waals surface area contributed by atoms with Crippen molar-refractivity contribution in [1.82, 2.24) is 0 Å². The van der Waals surface area contributed by atoms with E-state index in [-0.39, 0.29) is 6.61 Å². The van der Waals surface area contributed by atoms with Gasteiger partial charge < -0.3 is 24.8 Å². The largest absolute Gasteiger partial charge is 0.488 e. The van der Waals surface area contributed by atoms with Crippen LogP contribution in [0.15, 0.2) is 59.6 Å². The van der Waals surface area contributed by atoms with Crippen molar-refractivity contribution in [2.24, 2.45) is 4.99 Å². The number of hydrogen-bond acceptors (Lipinski definition) is 6. The minimum absolute atomic E-state index is 0.0206. The van der Waals surface area contributed by atoms with Crippen LogP contribution in [0, 0.1) is 6.92 Å². The molecule has 2 aliphatic rings. The molecule has 1 aromatic carbocycles. The quantitative estimate of drug-likeness (QED) is 0.772. The number of aliphatic hydroxyl groups excluding tert-OH is 3. The fourth-order valence-corrected chi connectivity index (χ4v) is 2.67. The average molecular weight is 343 g/mol. The summed E-state index contributed by atoms with van der Waals surface area (Å²) >= 11 is 0. The summed E-state index contributed by atoms with van der Waals surface area (Å²) in [7, 11) is 0. The van der Waals surface area contributed by atoms with Gasteiger partial charge in [0.1, 0.15) is 36.4 Å². The van der Waals surface area contributed by atoms with Crippen LogP contribution >= 0.6 is 0 Å². The summed E-state index contributed by atoms with van der Waals surface area (Å²) in [5.41, 5.74) is 3.13. The molecule has 1 aliphatic carbocycles. The number of benzene rings is 1. The van der Waals surface area contributed by atoms with Crippen LogP contribution in [0.3, 0.4) is 0 Å². The summed E-state index contributed by atoms with van der Waals surface area (Å²) in [6.45, 7) is 5.87. The van der Waals surface area contributed by atoms with Gasteiger partial charge in [-0.15, -0.1) is 0 Å². The zero-order chi connectivity index (χ0) is 18.0. The SMILES string of the molecule is C=C1C=CC=CC1=Nc1c(C)cccc1OCC1OC(O)C(O)C1O. The molecule has 132 valence electrons. The summed E-state index contributed by atoms with van der Waals surface area (Å²) in [5, 5.41) is 28.9.